The van der Waals surface area contributed by atoms with Crippen molar-refractivity contribution in [3.63, 3.8) is 0 Å². The number of carboxylic acids is 1. The molecular formula is C10H4F4O3. The van der Waals surface area contributed by atoms with Gasteiger partial charge in [-0.2, -0.15) is 13.2 Å². The van der Waals surface area contributed by atoms with Gasteiger partial charge in [-0.3, -0.25) is 0 Å². The summed E-state index contributed by atoms with van der Waals surface area (Å²) >= 11 is 0. The van der Waals surface area contributed by atoms with Gasteiger partial charge in [0.15, 0.2) is 11.4 Å². The summed E-state index contributed by atoms with van der Waals surface area (Å²) in [7, 11) is 0. The minimum absolute atomic E-state index is 0.306. The molecule has 0 radical (unpaired) electrons. The van der Waals surface area contributed by atoms with Crippen LogP contribution in [0.3, 0.4) is 0 Å². The van der Waals surface area contributed by atoms with Crippen molar-refractivity contribution in [2.24, 2.45) is 0 Å². The standard InChI is InChI=1S/C10H4F4O3/c11-6-2-1-4(9(15)16)7-5(10(12,13)14)3-17-8(6)7/h1-3H,(H,15,16). The molecule has 0 unspecified atom stereocenters. The summed E-state index contributed by atoms with van der Waals surface area (Å²) in [6.45, 7) is 0. The largest absolute Gasteiger partial charge is 0.478 e. The summed E-state index contributed by atoms with van der Waals surface area (Å²) in [6, 6.07) is 1.51. The normalized spacial score (nSPS) is 12.0. The van der Waals surface area contributed by atoms with Crippen molar-refractivity contribution in [3.05, 3.63) is 35.3 Å². The van der Waals surface area contributed by atoms with Crippen LogP contribution in [0.25, 0.3) is 11.0 Å². The molecule has 1 heterocycles. The van der Waals surface area contributed by atoms with E-state index in [2.05, 4.69) is 4.42 Å². The van der Waals surface area contributed by atoms with Gasteiger partial charge in [-0.25, -0.2) is 9.18 Å². The van der Waals surface area contributed by atoms with E-state index >= 15 is 0 Å². The topological polar surface area (TPSA) is 50.4 Å². The molecule has 90 valence electrons. The quantitative estimate of drug-likeness (QED) is 0.788. The number of carboxylic acid groups (broad SMARTS) is 1. The predicted molar refractivity (Wildman–Crippen MR) is 48.1 cm³/mol. The molecule has 2 rings (SSSR count). The first-order valence-electron chi connectivity index (χ1n) is 4.32. The molecule has 3 nitrogen and oxygen atoms in total. The van der Waals surface area contributed by atoms with Crippen molar-refractivity contribution in [2.75, 3.05) is 0 Å². The lowest BCUT2D eigenvalue weighted by Gasteiger charge is -2.05. The third-order valence-electron chi connectivity index (χ3n) is 2.21. The lowest BCUT2D eigenvalue weighted by molar-refractivity contribution is -0.136. The van der Waals surface area contributed by atoms with Crippen molar-refractivity contribution < 1.29 is 31.9 Å². The molecular weight excluding hydrogens is 244 g/mol. The van der Waals surface area contributed by atoms with Gasteiger partial charge in [-0.15, -0.1) is 0 Å². The number of halogens is 4. The maximum absolute atomic E-state index is 13.2. The molecule has 0 saturated carbocycles. The van der Waals surface area contributed by atoms with Crippen LogP contribution in [0.2, 0.25) is 0 Å². The molecule has 1 aromatic heterocycles. The van der Waals surface area contributed by atoms with Crippen LogP contribution in [-0.2, 0) is 6.18 Å². The summed E-state index contributed by atoms with van der Waals surface area (Å²) in [4.78, 5) is 10.8. The number of rotatable bonds is 1. The zero-order chi connectivity index (χ0) is 12.8. The van der Waals surface area contributed by atoms with Crippen LogP contribution in [-0.4, -0.2) is 11.1 Å². The Bertz CT molecular complexity index is 597. The second-order valence-electron chi connectivity index (χ2n) is 3.25. The third kappa shape index (κ3) is 1.73. The zero-order valence-electron chi connectivity index (χ0n) is 8.01. The Morgan fingerprint density at radius 2 is 1.94 bits per heavy atom. The summed E-state index contributed by atoms with van der Waals surface area (Å²) < 4.78 is 55.3. The molecule has 0 aliphatic heterocycles. The van der Waals surface area contributed by atoms with Gasteiger partial charge in [-0.05, 0) is 12.1 Å². The average molecular weight is 248 g/mol. The van der Waals surface area contributed by atoms with Crippen molar-refractivity contribution in [3.8, 4) is 0 Å². The van der Waals surface area contributed by atoms with Crippen LogP contribution >= 0.6 is 0 Å². The Morgan fingerprint density at radius 3 is 2.47 bits per heavy atom. The molecule has 0 aliphatic rings. The molecule has 0 bridgehead atoms. The van der Waals surface area contributed by atoms with Gasteiger partial charge in [0.2, 0.25) is 0 Å². The number of hydrogen-bond donors (Lipinski definition) is 1. The smallest absolute Gasteiger partial charge is 0.420 e. The highest BCUT2D eigenvalue weighted by molar-refractivity contribution is 6.04. The van der Waals surface area contributed by atoms with Crippen LogP contribution in [0.15, 0.2) is 22.8 Å². The minimum atomic E-state index is -4.80. The molecule has 1 N–H and O–H groups in total. The molecule has 17 heavy (non-hydrogen) atoms. The van der Waals surface area contributed by atoms with Gasteiger partial charge in [-0.1, -0.05) is 0 Å². The third-order valence-corrected chi connectivity index (χ3v) is 2.21. The summed E-state index contributed by atoms with van der Waals surface area (Å²) in [5.41, 5.74) is -2.66. The first kappa shape index (κ1) is 11.4. The van der Waals surface area contributed by atoms with Crippen molar-refractivity contribution in [2.45, 2.75) is 6.18 Å². The molecule has 0 amide bonds. The van der Waals surface area contributed by atoms with Gasteiger partial charge in [0.05, 0.1) is 10.9 Å². The van der Waals surface area contributed by atoms with E-state index in [0.717, 1.165) is 12.1 Å². The second-order valence-corrected chi connectivity index (χ2v) is 3.25. The van der Waals surface area contributed by atoms with Gasteiger partial charge >= 0.3 is 12.1 Å². The Hall–Kier alpha value is -2.05. The lowest BCUT2D eigenvalue weighted by atomic mass is 10.1. The molecule has 0 saturated heterocycles. The number of benzene rings is 1. The number of aromatic carboxylic acids is 1. The van der Waals surface area contributed by atoms with Crippen LogP contribution in [0.5, 0.6) is 0 Å². The Labute approximate surface area is 91.3 Å². The number of fused-ring (bicyclic) bond motifs is 1. The summed E-state index contributed by atoms with van der Waals surface area (Å²) in [5, 5.41) is 7.98. The Kier molecular flexibility index (Phi) is 2.34. The zero-order valence-corrected chi connectivity index (χ0v) is 8.01. The highest BCUT2D eigenvalue weighted by Crippen LogP contribution is 2.38. The average Bonchev–Trinajstić information content (AvgIpc) is 2.61. The van der Waals surface area contributed by atoms with E-state index in [4.69, 9.17) is 5.11 Å². The fourth-order valence-electron chi connectivity index (χ4n) is 1.50. The van der Waals surface area contributed by atoms with Crippen LogP contribution < -0.4 is 0 Å². The first-order valence-corrected chi connectivity index (χ1v) is 4.32. The SMILES string of the molecule is O=C(O)c1ccc(F)c2occ(C(F)(F)F)c12. The first-order chi connectivity index (χ1) is 7.82. The molecule has 0 aliphatic carbocycles. The molecule has 0 spiro atoms. The maximum atomic E-state index is 13.2. The van der Waals surface area contributed by atoms with Gasteiger partial charge in [0, 0.05) is 0 Å². The molecule has 0 fully saturated rings. The Balaban J connectivity index is 2.90. The van der Waals surface area contributed by atoms with Crippen molar-refractivity contribution in [1.82, 2.24) is 0 Å². The minimum Gasteiger partial charge on any atom is -0.478 e. The van der Waals surface area contributed by atoms with Gasteiger partial charge in [0.1, 0.15) is 11.8 Å². The second kappa shape index (κ2) is 3.47. The van der Waals surface area contributed by atoms with E-state index in [-0.39, 0.29) is 0 Å². The highest BCUT2D eigenvalue weighted by Gasteiger charge is 2.37. The van der Waals surface area contributed by atoms with E-state index in [0.29, 0.717) is 6.26 Å². The highest BCUT2D eigenvalue weighted by atomic mass is 19.4. The summed E-state index contributed by atoms with van der Waals surface area (Å²) in [6.07, 6.45) is -4.50. The number of hydrogen-bond acceptors (Lipinski definition) is 2. The fraction of sp³-hybridized carbons (Fsp3) is 0.100. The fourth-order valence-corrected chi connectivity index (χ4v) is 1.50. The van der Waals surface area contributed by atoms with Crippen LogP contribution in [0.4, 0.5) is 17.6 Å². The number of carbonyl (C=O) groups is 1. The molecule has 7 heteroatoms. The predicted octanol–water partition coefficient (Wildman–Crippen LogP) is 3.29. The maximum Gasteiger partial charge on any atom is 0.420 e. The Morgan fingerprint density at radius 1 is 1.29 bits per heavy atom. The monoisotopic (exact) mass is 248 g/mol. The lowest BCUT2D eigenvalue weighted by Crippen LogP contribution is -2.06. The van der Waals surface area contributed by atoms with Gasteiger partial charge in [0.25, 0.3) is 0 Å². The molecule has 0 atom stereocenters. The van der Waals surface area contributed by atoms with Crippen molar-refractivity contribution >= 4 is 16.9 Å². The summed E-state index contributed by atoms with van der Waals surface area (Å²) in [5.74, 6) is -2.62. The molecule has 1 aromatic carbocycles. The van der Waals surface area contributed by atoms with E-state index < -0.39 is 40.1 Å². The molecule has 2 aromatic rings. The van der Waals surface area contributed by atoms with Gasteiger partial charge < -0.3 is 9.52 Å². The van der Waals surface area contributed by atoms with Crippen LogP contribution in [0, 0.1) is 5.82 Å². The number of furan rings is 1. The number of alkyl halides is 3. The van der Waals surface area contributed by atoms with Crippen molar-refractivity contribution in [1.29, 1.82) is 0 Å². The van der Waals surface area contributed by atoms with E-state index in [1.54, 1.807) is 0 Å². The van der Waals surface area contributed by atoms with E-state index in [1.165, 1.54) is 0 Å². The van der Waals surface area contributed by atoms with E-state index in [9.17, 15) is 22.4 Å². The van der Waals surface area contributed by atoms with Crippen LogP contribution in [0.1, 0.15) is 15.9 Å². The van der Waals surface area contributed by atoms with E-state index in [1.807, 2.05) is 0 Å².